The van der Waals surface area contributed by atoms with Crippen molar-refractivity contribution in [1.29, 1.82) is 0 Å². The highest BCUT2D eigenvalue weighted by atomic mass is 16.5. The smallest absolute Gasteiger partial charge is 0.287 e. The maximum atomic E-state index is 12.3. The van der Waals surface area contributed by atoms with Gasteiger partial charge in [-0.15, -0.1) is 0 Å². The number of para-hydroxylation sites is 1. The van der Waals surface area contributed by atoms with Gasteiger partial charge in [0.2, 0.25) is 0 Å². The van der Waals surface area contributed by atoms with Gasteiger partial charge in [0, 0.05) is 5.69 Å². The first-order chi connectivity index (χ1) is 8.99. The van der Waals surface area contributed by atoms with Crippen molar-refractivity contribution in [2.45, 2.75) is 33.8 Å². The number of hydrogen-bond acceptors (Lipinski definition) is 3. The fraction of sp³-hybridized carbons (Fsp3) is 0.333. The molecule has 0 fully saturated rings. The number of aromatic nitrogens is 2. The number of rotatable bonds is 3. The second kappa shape index (κ2) is 5.26. The van der Waals surface area contributed by atoms with Crippen molar-refractivity contribution in [3.8, 4) is 5.75 Å². The molecule has 100 valence electrons. The minimum atomic E-state index is -0.570. The first kappa shape index (κ1) is 13.3. The van der Waals surface area contributed by atoms with E-state index >= 15 is 0 Å². The van der Waals surface area contributed by atoms with Gasteiger partial charge in [0.05, 0.1) is 5.69 Å². The molecular formula is C15H18N2O2. The highest BCUT2D eigenvalue weighted by molar-refractivity contribution is 5.83. The Balaban J connectivity index is 2.16. The third-order valence-corrected chi connectivity index (χ3v) is 2.96. The normalized spacial score (nSPS) is 12.2. The largest absolute Gasteiger partial charge is 0.481 e. The zero-order valence-corrected chi connectivity index (χ0v) is 11.7. The zero-order chi connectivity index (χ0) is 14.0. The minimum absolute atomic E-state index is 0.158. The Bertz CT molecular complexity index is 602. The Morgan fingerprint density at radius 1 is 1.26 bits per heavy atom. The van der Waals surface area contributed by atoms with E-state index in [9.17, 15) is 4.79 Å². The number of ether oxygens (including phenoxy) is 1. The fourth-order valence-corrected chi connectivity index (χ4v) is 1.95. The lowest BCUT2D eigenvalue weighted by Crippen LogP contribution is -2.31. The molecule has 4 heteroatoms. The SMILES string of the molecule is Cc1cc(C)n(C(=O)C(C)Oc2ccccc2C)n1. The summed E-state index contributed by atoms with van der Waals surface area (Å²) in [6.45, 7) is 7.42. The van der Waals surface area contributed by atoms with Gasteiger partial charge in [0.25, 0.3) is 5.91 Å². The van der Waals surface area contributed by atoms with Gasteiger partial charge in [-0.1, -0.05) is 18.2 Å². The molecule has 1 aromatic carbocycles. The quantitative estimate of drug-likeness (QED) is 0.850. The lowest BCUT2D eigenvalue weighted by atomic mass is 10.2. The molecule has 0 aliphatic rings. The highest BCUT2D eigenvalue weighted by Crippen LogP contribution is 2.18. The van der Waals surface area contributed by atoms with Gasteiger partial charge in [0.15, 0.2) is 6.10 Å². The summed E-state index contributed by atoms with van der Waals surface area (Å²) in [4.78, 5) is 12.3. The summed E-state index contributed by atoms with van der Waals surface area (Å²) in [5.41, 5.74) is 2.66. The van der Waals surface area contributed by atoms with Crippen molar-refractivity contribution < 1.29 is 9.53 Å². The van der Waals surface area contributed by atoms with Crippen molar-refractivity contribution in [2.24, 2.45) is 0 Å². The Morgan fingerprint density at radius 3 is 2.53 bits per heavy atom. The second-order valence-corrected chi connectivity index (χ2v) is 4.70. The molecule has 19 heavy (non-hydrogen) atoms. The van der Waals surface area contributed by atoms with Crippen molar-refractivity contribution in [3.63, 3.8) is 0 Å². The number of carbonyl (C=O) groups excluding carboxylic acids is 1. The average molecular weight is 258 g/mol. The van der Waals surface area contributed by atoms with E-state index in [1.807, 2.05) is 51.1 Å². The first-order valence-electron chi connectivity index (χ1n) is 6.29. The van der Waals surface area contributed by atoms with Gasteiger partial charge >= 0.3 is 0 Å². The van der Waals surface area contributed by atoms with Crippen LogP contribution in [0.25, 0.3) is 0 Å². The molecule has 1 heterocycles. The number of nitrogens with zero attached hydrogens (tertiary/aromatic N) is 2. The zero-order valence-electron chi connectivity index (χ0n) is 11.7. The predicted molar refractivity (Wildman–Crippen MR) is 73.6 cm³/mol. The van der Waals surface area contributed by atoms with Crippen LogP contribution in [0, 0.1) is 20.8 Å². The van der Waals surface area contributed by atoms with E-state index in [-0.39, 0.29) is 5.91 Å². The molecule has 1 unspecified atom stereocenters. The van der Waals surface area contributed by atoms with Crippen LogP contribution in [0.15, 0.2) is 30.3 Å². The molecule has 1 aromatic heterocycles. The Labute approximate surface area is 113 Å². The topological polar surface area (TPSA) is 44.1 Å². The van der Waals surface area contributed by atoms with Crippen molar-refractivity contribution >= 4 is 5.91 Å². The standard InChI is InChI=1S/C15H18N2O2/c1-10-7-5-6-8-14(10)19-13(4)15(18)17-12(3)9-11(2)16-17/h5-9,13H,1-4H3. The van der Waals surface area contributed by atoms with Gasteiger partial charge in [-0.2, -0.15) is 5.10 Å². The Hall–Kier alpha value is -2.10. The number of hydrogen-bond donors (Lipinski definition) is 0. The van der Waals surface area contributed by atoms with Crippen LogP contribution in [0.1, 0.15) is 28.7 Å². The van der Waals surface area contributed by atoms with E-state index in [1.165, 1.54) is 4.68 Å². The molecule has 0 spiro atoms. The van der Waals surface area contributed by atoms with Crippen molar-refractivity contribution in [1.82, 2.24) is 9.78 Å². The summed E-state index contributed by atoms with van der Waals surface area (Å²) >= 11 is 0. The molecule has 4 nitrogen and oxygen atoms in total. The van der Waals surface area contributed by atoms with E-state index in [0.29, 0.717) is 0 Å². The van der Waals surface area contributed by atoms with Crippen molar-refractivity contribution in [3.05, 3.63) is 47.3 Å². The minimum Gasteiger partial charge on any atom is -0.481 e. The molecule has 0 aliphatic heterocycles. The molecule has 0 aliphatic carbocycles. The third kappa shape index (κ3) is 2.84. The summed E-state index contributed by atoms with van der Waals surface area (Å²) in [5.74, 6) is 0.568. The summed E-state index contributed by atoms with van der Waals surface area (Å²) in [5, 5.41) is 4.18. The molecule has 2 rings (SSSR count). The van der Waals surface area contributed by atoms with E-state index in [2.05, 4.69) is 5.10 Å². The van der Waals surface area contributed by atoms with Crippen LogP contribution < -0.4 is 4.74 Å². The highest BCUT2D eigenvalue weighted by Gasteiger charge is 2.20. The summed E-state index contributed by atoms with van der Waals surface area (Å²) in [6.07, 6.45) is -0.570. The van der Waals surface area contributed by atoms with E-state index in [1.54, 1.807) is 6.92 Å². The third-order valence-electron chi connectivity index (χ3n) is 2.96. The van der Waals surface area contributed by atoms with Gasteiger partial charge in [-0.3, -0.25) is 4.79 Å². The molecule has 2 aromatic rings. The fourth-order valence-electron chi connectivity index (χ4n) is 1.95. The number of aryl methyl sites for hydroxylation is 3. The summed E-state index contributed by atoms with van der Waals surface area (Å²) < 4.78 is 7.12. The molecule has 0 amide bonds. The molecule has 0 radical (unpaired) electrons. The van der Waals surface area contributed by atoms with Crippen LogP contribution in [0.4, 0.5) is 0 Å². The monoisotopic (exact) mass is 258 g/mol. The molecule has 0 N–H and O–H groups in total. The molecular weight excluding hydrogens is 240 g/mol. The lowest BCUT2D eigenvalue weighted by molar-refractivity contribution is 0.0706. The van der Waals surface area contributed by atoms with Gasteiger partial charge in [-0.25, -0.2) is 4.68 Å². The Morgan fingerprint density at radius 2 is 1.95 bits per heavy atom. The van der Waals surface area contributed by atoms with Crippen molar-refractivity contribution in [2.75, 3.05) is 0 Å². The van der Waals surface area contributed by atoms with Crippen LogP contribution >= 0.6 is 0 Å². The van der Waals surface area contributed by atoms with Crippen LogP contribution in [0.5, 0.6) is 5.75 Å². The average Bonchev–Trinajstić information content (AvgIpc) is 2.70. The maximum absolute atomic E-state index is 12.3. The summed E-state index contributed by atoms with van der Waals surface area (Å²) in [7, 11) is 0. The maximum Gasteiger partial charge on any atom is 0.287 e. The van der Waals surface area contributed by atoms with Gasteiger partial charge in [-0.05, 0) is 45.4 Å². The summed E-state index contributed by atoms with van der Waals surface area (Å²) in [6, 6.07) is 9.52. The van der Waals surface area contributed by atoms with Crippen LogP contribution in [0.2, 0.25) is 0 Å². The lowest BCUT2D eigenvalue weighted by Gasteiger charge is -2.15. The number of benzene rings is 1. The molecule has 0 bridgehead atoms. The Kier molecular flexibility index (Phi) is 3.69. The van der Waals surface area contributed by atoms with E-state index < -0.39 is 6.10 Å². The van der Waals surface area contributed by atoms with Crippen LogP contribution in [-0.4, -0.2) is 21.8 Å². The number of carbonyl (C=O) groups is 1. The van der Waals surface area contributed by atoms with Gasteiger partial charge in [0.1, 0.15) is 5.75 Å². The molecule has 1 atom stereocenters. The molecule has 0 saturated carbocycles. The van der Waals surface area contributed by atoms with Crippen LogP contribution in [-0.2, 0) is 0 Å². The van der Waals surface area contributed by atoms with Crippen LogP contribution in [0.3, 0.4) is 0 Å². The molecule has 0 saturated heterocycles. The van der Waals surface area contributed by atoms with Gasteiger partial charge < -0.3 is 4.74 Å². The van der Waals surface area contributed by atoms with E-state index in [4.69, 9.17) is 4.74 Å². The van der Waals surface area contributed by atoms with E-state index in [0.717, 1.165) is 22.7 Å². The predicted octanol–water partition coefficient (Wildman–Crippen LogP) is 2.92. The first-order valence-corrected chi connectivity index (χ1v) is 6.29. The second-order valence-electron chi connectivity index (χ2n) is 4.70.